The van der Waals surface area contributed by atoms with E-state index in [2.05, 4.69) is 4.74 Å². The van der Waals surface area contributed by atoms with Gasteiger partial charge < -0.3 is 9.84 Å². The van der Waals surface area contributed by atoms with Gasteiger partial charge in [0.1, 0.15) is 5.57 Å². The third-order valence-corrected chi connectivity index (χ3v) is 2.12. The van der Waals surface area contributed by atoms with Gasteiger partial charge in [-0.1, -0.05) is 24.3 Å². The van der Waals surface area contributed by atoms with Gasteiger partial charge in [-0.15, -0.1) is 0 Å². The molecule has 0 bridgehead atoms. The number of hydrogen-bond donors (Lipinski definition) is 1. The minimum absolute atomic E-state index is 0.378. The van der Waals surface area contributed by atoms with Gasteiger partial charge in [0.15, 0.2) is 0 Å². The summed E-state index contributed by atoms with van der Waals surface area (Å²) in [7, 11) is 1.15. The summed E-state index contributed by atoms with van der Waals surface area (Å²) in [5.41, 5.74) is 1.20. The highest BCUT2D eigenvalue weighted by molar-refractivity contribution is 6.17. The molecule has 0 heterocycles. The molecule has 4 heteroatoms. The van der Waals surface area contributed by atoms with E-state index in [1.165, 1.54) is 6.08 Å². The average Bonchev–Trinajstić information content (AvgIpc) is 2.26. The van der Waals surface area contributed by atoms with E-state index in [-0.39, 0.29) is 5.57 Å². The number of aliphatic carboxylic acids is 1. The highest BCUT2D eigenvalue weighted by Crippen LogP contribution is 2.13. The number of aryl methyl sites for hydroxylation is 1. The molecule has 0 aliphatic heterocycles. The van der Waals surface area contributed by atoms with Crippen molar-refractivity contribution in [2.45, 2.75) is 6.92 Å². The van der Waals surface area contributed by atoms with Crippen molar-refractivity contribution >= 4 is 18.0 Å². The first-order valence-electron chi connectivity index (χ1n) is 4.65. The lowest BCUT2D eigenvalue weighted by atomic mass is 10.1. The number of benzene rings is 1. The van der Waals surface area contributed by atoms with Crippen molar-refractivity contribution in [1.82, 2.24) is 0 Å². The van der Waals surface area contributed by atoms with Crippen LogP contribution in [0.1, 0.15) is 11.1 Å². The van der Waals surface area contributed by atoms with E-state index in [0.29, 0.717) is 5.56 Å². The Hall–Kier alpha value is -2.10. The summed E-state index contributed by atoms with van der Waals surface area (Å²) in [4.78, 5) is 22.0. The Balaban J connectivity index is 3.18. The Morgan fingerprint density at radius 1 is 1.31 bits per heavy atom. The second-order valence-corrected chi connectivity index (χ2v) is 3.21. The van der Waals surface area contributed by atoms with Gasteiger partial charge in [0, 0.05) is 0 Å². The lowest BCUT2D eigenvalue weighted by Gasteiger charge is -2.02. The Bertz CT molecular complexity index is 446. The van der Waals surface area contributed by atoms with Crippen LogP contribution in [0, 0.1) is 6.92 Å². The fourth-order valence-electron chi connectivity index (χ4n) is 1.22. The van der Waals surface area contributed by atoms with E-state index in [4.69, 9.17) is 5.11 Å². The molecule has 4 nitrogen and oxygen atoms in total. The van der Waals surface area contributed by atoms with E-state index in [1.54, 1.807) is 12.1 Å². The zero-order chi connectivity index (χ0) is 12.1. The molecule has 0 aliphatic rings. The first-order chi connectivity index (χ1) is 7.56. The topological polar surface area (TPSA) is 63.6 Å². The van der Waals surface area contributed by atoms with E-state index < -0.39 is 11.9 Å². The quantitative estimate of drug-likeness (QED) is 0.364. The second-order valence-electron chi connectivity index (χ2n) is 3.21. The second kappa shape index (κ2) is 5.11. The predicted molar refractivity (Wildman–Crippen MR) is 58.8 cm³/mol. The number of carboxylic acid groups (broad SMARTS) is 1. The van der Waals surface area contributed by atoms with Gasteiger partial charge in [-0.25, -0.2) is 9.59 Å². The van der Waals surface area contributed by atoms with Crippen LogP contribution < -0.4 is 0 Å². The molecule has 0 aliphatic carbocycles. The molecule has 0 saturated carbocycles. The van der Waals surface area contributed by atoms with Crippen molar-refractivity contribution in [3.05, 3.63) is 41.0 Å². The summed E-state index contributed by atoms with van der Waals surface area (Å²) in [5, 5.41) is 8.86. The summed E-state index contributed by atoms with van der Waals surface area (Å²) < 4.78 is 4.40. The molecule has 0 spiro atoms. The first-order valence-corrected chi connectivity index (χ1v) is 4.65. The van der Waals surface area contributed by atoms with Gasteiger partial charge in [0.25, 0.3) is 0 Å². The van der Waals surface area contributed by atoms with Crippen LogP contribution in [-0.4, -0.2) is 24.2 Å². The summed E-state index contributed by atoms with van der Waals surface area (Å²) in [6, 6.07) is 7.19. The zero-order valence-electron chi connectivity index (χ0n) is 9.06. The van der Waals surface area contributed by atoms with Crippen LogP contribution in [0.4, 0.5) is 0 Å². The molecule has 16 heavy (non-hydrogen) atoms. The molecule has 0 unspecified atom stereocenters. The fourth-order valence-corrected chi connectivity index (χ4v) is 1.22. The molecule has 1 N–H and O–H groups in total. The van der Waals surface area contributed by atoms with Crippen LogP contribution in [0.5, 0.6) is 0 Å². The number of carbonyl (C=O) groups excluding carboxylic acids is 1. The molecule has 1 aromatic rings. The number of carbonyl (C=O) groups is 2. The lowest BCUT2D eigenvalue weighted by molar-refractivity contribution is -0.142. The number of carboxylic acids is 1. The third-order valence-electron chi connectivity index (χ3n) is 2.12. The predicted octanol–water partition coefficient (Wildman–Crippen LogP) is 1.64. The lowest BCUT2D eigenvalue weighted by Crippen LogP contribution is -2.13. The highest BCUT2D eigenvalue weighted by atomic mass is 16.5. The number of esters is 1. The van der Waals surface area contributed by atoms with Crippen LogP contribution in [0.3, 0.4) is 0 Å². The van der Waals surface area contributed by atoms with Crippen molar-refractivity contribution < 1.29 is 19.4 Å². The highest BCUT2D eigenvalue weighted by Gasteiger charge is 2.17. The van der Waals surface area contributed by atoms with Crippen LogP contribution >= 0.6 is 0 Å². The maximum atomic E-state index is 11.2. The zero-order valence-corrected chi connectivity index (χ0v) is 9.06. The summed E-state index contributed by atoms with van der Waals surface area (Å²) in [6.07, 6.45) is 1.31. The standard InChI is InChI=1S/C12H12O4/c1-8-5-3-4-6-9(8)7-10(11(13)14)12(15)16-2/h3-7H,1-2H3,(H,13,14)/b10-7-. The molecular weight excluding hydrogens is 208 g/mol. The monoisotopic (exact) mass is 220 g/mol. The Kier molecular flexibility index (Phi) is 3.83. The molecule has 0 aromatic heterocycles. The van der Waals surface area contributed by atoms with E-state index in [1.807, 2.05) is 19.1 Å². The number of rotatable bonds is 3. The van der Waals surface area contributed by atoms with E-state index >= 15 is 0 Å². The molecule has 0 saturated heterocycles. The van der Waals surface area contributed by atoms with E-state index in [0.717, 1.165) is 12.7 Å². The molecule has 1 aromatic carbocycles. The van der Waals surface area contributed by atoms with Gasteiger partial charge in [0.2, 0.25) is 0 Å². The number of hydrogen-bond acceptors (Lipinski definition) is 3. The van der Waals surface area contributed by atoms with Crippen LogP contribution in [0.15, 0.2) is 29.8 Å². The molecule has 84 valence electrons. The van der Waals surface area contributed by atoms with Crippen LogP contribution in [0.25, 0.3) is 6.08 Å². The molecular formula is C12H12O4. The van der Waals surface area contributed by atoms with Gasteiger partial charge in [-0.05, 0) is 24.1 Å². The van der Waals surface area contributed by atoms with Gasteiger partial charge in [-0.2, -0.15) is 0 Å². The Morgan fingerprint density at radius 3 is 2.44 bits per heavy atom. The summed E-state index contributed by atoms with van der Waals surface area (Å²) in [5.74, 6) is -2.15. The van der Waals surface area contributed by atoms with Gasteiger partial charge in [0.05, 0.1) is 7.11 Å². The Morgan fingerprint density at radius 2 is 1.94 bits per heavy atom. The van der Waals surface area contributed by atoms with Crippen LogP contribution in [-0.2, 0) is 14.3 Å². The minimum Gasteiger partial charge on any atom is -0.477 e. The van der Waals surface area contributed by atoms with Crippen LogP contribution in [0.2, 0.25) is 0 Å². The molecule has 0 fully saturated rings. The number of methoxy groups -OCH3 is 1. The smallest absolute Gasteiger partial charge is 0.345 e. The fraction of sp³-hybridized carbons (Fsp3) is 0.167. The SMILES string of the molecule is COC(=O)/C(=C\c1ccccc1C)C(=O)O. The molecule has 1 rings (SSSR count). The molecule has 0 atom stereocenters. The summed E-state index contributed by atoms with van der Waals surface area (Å²) >= 11 is 0. The van der Waals surface area contributed by atoms with Crippen molar-refractivity contribution in [1.29, 1.82) is 0 Å². The van der Waals surface area contributed by atoms with Crippen molar-refractivity contribution in [3.63, 3.8) is 0 Å². The van der Waals surface area contributed by atoms with Crippen molar-refractivity contribution in [3.8, 4) is 0 Å². The number of ether oxygens (including phenoxy) is 1. The maximum absolute atomic E-state index is 11.2. The normalized spacial score (nSPS) is 11.0. The minimum atomic E-state index is -1.30. The third kappa shape index (κ3) is 2.70. The Labute approximate surface area is 93.2 Å². The van der Waals surface area contributed by atoms with Gasteiger partial charge in [-0.3, -0.25) is 0 Å². The van der Waals surface area contributed by atoms with Crippen molar-refractivity contribution in [2.75, 3.05) is 7.11 Å². The maximum Gasteiger partial charge on any atom is 0.345 e. The van der Waals surface area contributed by atoms with E-state index in [9.17, 15) is 9.59 Å². The first kappa shape index (κ1) is 12.0. The van der Waals surface area contributed by atoms with Gasteiger partial charge >= 0.3 is 11.9 Å². The van der Waals surface area contributed by atoms with Crippen molar-refractivity contribution in [2.24, 2.45) is 0 Å². The summed E-state index contributed by atoms with van der Waals surface area (Å²) in [6.45, 7) is 1.84. The largest absolute Gasteiger partial charge is 0.477 e. The molecule has 0 amide bonds. The molecule has 0 radical (unpaired) electrons. The average molecular weight is 220 g/mol.